The molecule has 1 aliphatic rings. The Hall–Kier alpha value is -1.82. The smallest absolute Gasteiger partial charge is 0.266 e. The fourth-order valence-electron chi connectivity index (χ4n) is 3.63. The Morgan fingerprint density at radius 3 is 2.54 bits per heavy atom. The zero-order chi connectivity index (χ0) is 25.6. The minimum atomic E-state index is -2.75. The van der Waals surface area contributed by atoms with E-state index in [4.69, 9.17) is 10.8 Å². The van der Waals surface area contributed by atoms with Crippen molar-refractivity contribution >= 4 is 38.9 Å². The van der Waals surface area contributed by atoms with E-state index in [1.165, 1.54) is 5.56 Å². The molecule has 2 aromatic rings. The highest BCUT2D eigenvalue weighted by atomic mass is 33.1. The van der Waals surface area contributed by atoms with E-state index in [2.05, 4.69) is 21.4 Å². The third-order valence-corrected chi connectivity index (χ3v) is 8.11. The fourth-order valence-corrected chi connectivity index (χ4v) is 5.77. The normalized spacial score (nSPS) is 16.5. The van der Waals surface area contributed by atoms with Gasteiger partial charge in [-0.05, 0) is 17.5 Å². The molecule has 3 rings (SSSR count). The van der Waals surface area contributed by atoms with Crippen molar-refractivity contribution in [3.05, 3.63) is 41.2 Å². The van der Waals surface area contributed by atoms with E-state index in [1.54, 1.807) is 26.5 Å². The Kier molecular flexibility index (Phi) is 9.47. The number of nitrogen functional groups attached to an aromatic ring is 1. The molecule has 1 saturated heterocycles. The number of aliphatic hydroxyl groups excluding tert-OH is 2. The maximum atomic E-state index is 13.9. The van der Waals surface area contributed by atoms with Gasteiger partial charge in [-0.2, -0.15) is 0 Å². The van der Waals surface area contributed by atoms with E-state index < -0.39 is 18.6 Å². The molecule has 0 spiro atoms. The number of halogens is 2. The van der Waals surface area contributed by atoms with Gasteiger partial charge in [-0.1, -0.05) is 66.6 Å². The lowest BCUT2D eigenvalue weighted by Crippen LogP contribution is -2.28. The van der Waals surface area contributed by atoms with Crippen LogP contribution in [0.1, 0.15) is 44.1 Å². The third kappa shape index (κ3) is 7.83. The molecule has 194 valence electrons. The van der Waals surface area contributed by atoms with Gasteiger partial charge in [0.1, 0.15) is 11.5 Å². The largest absolute Gasteiger partial charge is 0.394 e. The second kappa shape index (κ2) is 11.9. The van der Waals surface area contributed by atoms with Crippen molar-refractivity contribution in [1.29, 1.82) is 0 Å². The van der Waals surface area contributed by atoms with Crippen molar-refractivity contribution in [3.8, 4) is 0 Å². The van der Waals surface area contributed by atoms with Gasteiger partial charge in [-0.25, -0.2) is 18.7 Å². The van der Waals surface area contributed by atoms with Gasteiger partial charge in [0.2, 0.25) is 0 Å². The summed E-state index contributed by atoms with van der Waals surface area (Å²) in [6.07, 6.45) is -0.0742. The van der Waals surface area contributed by atoms with Crippen molar-refractivity contribution in [2.24, 2.45) is 0 Å². The topological polar surface area (TPSA) is 108 Å². The van der Waals surface area contributed by atoms with Crippen LogP contribution in [0.15, 0.2) is 24.3 Å². The molecular formula is C24H35F2N5O2S2. The molecule has 35 heavy (non-hydrogen) atoms. The van der Waals surface area contributed by atoms with E-state index in [9.17, 15) is 13.9 Å². The number of aromatic nitrogens is 2. The van der Waals surface area contributed by atoms with Crippen molar-refractivity contribution in [2.75, 3.05) is 47.2 Å². The van der Waals surface area contributed by atoms with E-state index >= 15 is 0 Å². The third-order valence-electron chi connectivity index (χ3n) is 5.64. The predicted molar refractivity (Wildman–Crippen MR) is 142 cm³/mol. The first kappa shape index (κ1) is 27.8. The van der Waals surface area contributed by atoms with Crippen LogP contribution in [0.2, 0.25) is 0 Å². The molecule has 1 aromatic carbocycles. The quantitative estimate of drug-likeness (QED) is 0.254. The van der Waals surface area contributed by atoms with Gasteiger partial charge >= 0.3 is 0 Å². The zero-order valence-electron chi connectivity index (χ0n) is 20.4. The summed E-state index contributed by atoms with van der Waals surface area (Å²) in [6, 6.07) is 8.09. The van der Waals surface area contributed by atoms with Crippen molar-refractivity contribution in [3.63, 3.8) is 0 Å². The summed E-state index contributed by atoms with van der Waals surface area (Å²) in [6.45, 7) is 6.00. The average Bonchev–Trinajstić information content (AvgIpc) is 3.17. The van der Waals surface area contributed by atoms with Gasteiger partial charge in [0.15, 0.2) is 11.6 Å². The fraction of sp³-hybridized carbons (Fsp3) is 0.583. The Bertz CT molecular complexity index is 991. The molecule has 0 saturated carbocycles. The molecule has 5 N–H and O–H groups in total. The number of hydrogen-bond donors (Lipinski definition) is 4. The van der Waals surface area contributed by atoms with E-state index in [-0.39, 0.29) is 30.7 Å². The zero-order valence-corrected chi connectivity index (χ0v) is 22.1. The van der Waals surface area contributed by atoms with Gasteiger partial charge in [-0.3, -0.25) is 0 Å². The maximum Gasteiger partial charge on any atom is 0.266 e. The number of aryl methyl sites for hydroxylation is 1. The van der Waals surface area contributed by atoms with E-state index in [0.29, 0.717) is 29.8 Å². The molecule has 2 heterocycles. The van der Waals surface area contributed by atoms with Gasteiger partial charge in [0.05, 0.1) is 19.3 Å². The van der Waals surface area contributed by atoms with Crippen molar-refractivity contribution < 1.29 is 19.0 Å². The molecule has 0 radical (unpaired) electrons. The second-order valence-electron chi connectivity index (χ2n) is 9.73. The molecule has 1 unspecified atom stereocenters. The highest BCUT2D eigenvalue weighted by Crippen LogP contribution is 2.36. The Morgan fingerprint density at radius 1 is 1.20 bits per heavy atom. The highest BCUT2D eigenvalue weighted by molar-refractivity contribution is 8.76. The predicted octanol–water partition coefficient (Wildman–Crippen LogP) is 4.09. The molecule has 1 aromatic heterocycles. The first-order valence-electron chi connectivity index (χ1n) is 11.6. The Labute approximate surface area is 213 Å². The number of nitrogens with one attached hydrogen (secondary N) is 1. The molecular weight excluding hydrogens is 492 g/mol. The number of anilines is 3. The summed E-state index contributed by atoms with van der Waals surface area (Å²) >= 11 is 0. The Morgan fingerprint density at radius 2 is 1.91 bits per heavy atom. The molecule has 1 atom stereocenters. The SMILES string of the molecule is CC(C)(C)c1nc(NCc2ccccc2CCSSCC(O)CO)c(N)c(N2CCC(F)(F)C2)n1. The summed E-state index contributed by atoms with van der Waals surface area (Å²) in [7, 11) is 3.20. The number of nitrogens with two attached hydrogens (primary N) is 1. The molecule has 0 bridgehead atoms. The molecule has 7 nitrogen and oxygen atoms in total. The molecule has 11 heteroatoms. The van der Waals surface area contributed by atoms with Crippen molar-refractivity contribution in [1.82, 2.24) is 9.97 Å². The van der Waals surface area contributed by atoms with Crippen LogP contribution in [0.3, 0.4) is 0 Å². The van der Waals surface area contributed by atoms with Gasteiger partial charge in [0.25, 0.3) is 5.92 Å². The molecule has 1 aliphatic heterocycles. The average molecular weight is 528 g/mol. The summed E-state index contributed by atoms with van der Waals surface area (Å²) in [5, 5.41) is 21.7. The molecule has 0 aliphatic carbocycles. The first-order valence-corrected chi connectivity index (χ1v) is 14.1. The lowest BCUT2D eigenvalue weighted by Gasteiger charge is -2.25. The number of benzene rings is 1. The van der Waals surface area contributed by atoms with Crippen LogP contribution in [-0.4, -0.2) is 63.4 Å². The van der Waals surface area contributed by atoms with Crippen LogP contribution in [0, 0.1) is 0 Å². The summed E-state index contributed by atoms with van der Waals surface area (Å²) in [4.78, 5) is 10.8. The summed E-state index contributed by atoms with van der Waals surface area (Å²) in [5.41, 5.74) is 8.57. The van der Waals surface area contributed by atoms with Crippen LogP contribution in [-0.2, 0) is 18.4 Å². The van der Waals surface area contributed by atoms with Crippen LogP contribution in [0.25, 0.3) is 0 Å². The highest BCUT2D eigenvalue weighted by Gasteiger charge is 2.40. The lowest BCUT2D eigenvalue weighted by atomic mass is 9.95. The van der Waals surface area contributed by atoms with Gasteiger partial charge < -0.3 is 26.2 Å². The molecule has 1 fully saturated rings. The number of alkyl halides is 2. The van der Waals surface area contributed by atoms with Gasteiger partial charge in [-0.15, -0.1) is 0 Å². The van der Waals surface area contributed by atoms with E-state index in [0.717, 1.165) is 17.7 Å². The monoisotopic (exact) mass is 527 g/mol. The molecule has 0 amide bonds. The van der Waals surface area contributed by atoms with Crippen LogP contribution < -0.4 is 16.0 Å². The first-order chi connectivity index (χ1) is 16.5. The standard InChI is InChI=1S/C24H35F2N5O2S2/c1-23(2,3)22-29-20(19(27)21(30-22)31-10-9-24(25,26)15-31)28-12-17-7-5-4-6-16(17)8-11-34-35-14-18(33)13-32/h4-7,18,32-33H,8-15,27H2,1-3H3,(H,28,29,30). The van der Waals surface area contributed by atoms with Crippen LogP contribution >= 0.6 is 21.6 Å². The minimum Gasteiger partial charge on any atom is -0.394 e. The maximum absolute atomic E-state index is 13.9. The summed E-state index contributed by atoms with van der Waals surface area (Å²) in [5.74, 6) is -0.0518. The number of hydrogen-bond acceptors (Lipinski definition) is 9. The van der Waals surface area contributed by atoms with Gasteiger partial charge in [0, 0.05) is 36.4 Å². The van der Waals surface area contributed by atoms with E-state index in [1.807, 2.05) is 39.0 Å². The second-order valence-corrected chi connectivity index (χ2v) is 12.4. The number of rotatable bonds is 11. The number of nitrogens with zero attached hydrogens (tertiary/aromatic N) is 3. The van der Waals surface area contributed by atoms with Crippen LogP contribution in [0.4, 0.5) is 26.1 Å². The van der Waals surface area contributed by atoms with Crippen LogP contribution in [0.5, 0.6) is 0 Å². The summed E-state index contributed by atoms with van der Waals surface area (Å²) < 4.78 is 27.8. The Balaban J connectivity index is 1.73. The number of aliphatic hydroxyl groups is 2. The minimum absolute atomic E-state index is 0.199. The van der Waals surface area contributed by atoms with Crippen molar-refractivity contribution in [2.45, 2.75) is 57.6 Å². The lowest BCUT2D eigenvalue weighted by molar-refractivity contribution is 0.0257.